The van der Waals surface area contributed by atoms with E-state index < -0.39 is 5.25 Å². The Hall–Kier alpha value is -3.98. The average Bonchev–Trinajstić information content (AvgIpc) is 3.32. The number of carbonyl (C=O) groups excluding carboxylic acids is 1. The maximum absolute atomic E-state index is 13.4. The third kappa shape index (κ3) is 4.29. The number of aromatic nitrogens is 3. The number of anilines is 1. The Morgan fingerprint density at radius 3 is 2.21 bits per heavy atom. The topological polar surface area (TPSA) is 90.3 Å². The minimum absolute atomic E-state index is 0.140. The molecule has 0 aliphatic carbocycles. The first-order chi connectivity index (χ1) is 16.7. The predicted octanol–water partition coefficient (Wildman–Crippen LogP) is 4.36. The molecule has 0 fully saturated rings. The molecule has 2 heterocycles. The number of benzene rings is 3. The molecule has 1 aliphatic heterocycles. The summed E-state index contributed by atoms with van der Waals surface area (Å²) in [6.45, 7) is 0. The van der Waals surface area contributed by atoms with E-state index in [9.17, 15) is 4.79 Å². The number of amides is 1. The number of carbonyl (C=O) groups is 1. The molecule has 0 radical (unpaired) electrons. The highest BCUT2D eigenvalue weighted by Gasteiger charge is 2.38. The van der Waals surface area contributed by atoms with Gasteiger partial charge in [0.1, 0.15) is 16.7 Å². The Labute approximate surface area is 201 Å². The lowest BCUT2D eigenvalue weighted by atomic mass is 10.0. The normalized spacial score (nSPS) is 16.8. The van der Waals surface area contributed by atoms with Crippen LogP contribution in [-0.4, -0.2) is 40.3 Å². The Balaban J connectivity index is 1.48. The van der Waals surface area contributed by atoms with E-state index in [0.717, 1.165) is 22.6 Å². The van der Waals surface area contributed by atoms with Crippen LogP contribution < -0.4 is 20.2 Å². The van der Waals surface area contributed by atoms with Crippen molar-refractivity contribution in [2.24, 2.45) is 0 Å². The quantitative estimate of drug-likeness (QED) is 0.430. The van der Waals surface area contributed by atoms with Crippen molar-refractivity contribution in [3.63, 3.8) is 0 Å². The number of rotatable bonds is 6. The summed E-state index contributed by atoms with van der Waals surface area (Å²) in [5.41, 5.74) is 6.05. The molecule has 1 aromatic heterocycles. The van der Waals surface area contributed by atoms with Crippen LogP contribution in [-0.2, 0) is 4.79 Å². The fourth-order valence-electron chi connectivity index (χ4n) is 3.78. The highest BCUT2D eigenvalue weighted by Crippen LogP contribution is 2.39. The van der Waals surface area contributed by atoms with Gasteiger partial charge in [0.05, 0.1) is 20.3 Å². The average molecular weight is 474 g/mol. The first kappa shape index (κ1) is 21.8. The third-order valence-electron chi connectivity index (χ3n) is 5.56. The second-order valence-corrected chi connectivity index (χ2v) is 8.75. The molecule has 4 aromatic rings. The molecule has 0 saturated heterocycles. The van der Waals surface area contributed by atoms with Gasteiger partial charge in [-0.25, -0.2) is 4.68 Å². The highest BCUT2D eigenvalue weighted by atomic mass is 32.2. The molecule has 2 atom stereocenters. The first-order valence-electron chi connectivity index (χ1n) is 10.7. The van der Waals surface area contributed by atoms with Crippen LogP contribution in [0.15, 0.2) is 84.0 Å². The summed E-state index contributed by atoms with van der Waals surface area (Å²) in [5.74, 6) is 2.03. The second kappa shape index (κ2) is 9.48. The number of ether oxygens (including phenoxy) is 2. The van der Waals surface area contributed by atoms with Crippen LogP contribution >= 0.6 is 11.8 Å². The Bertz CT molecular complexity index is 1280. The van der Waals surface area contributed by atoms with Gasteiger partial charge in [0, 0.05) is 11.3 Å². The van der Waals surface area contributed by atoms with Crippen molar-refractivity contribution in [1.29, 1.82) is 0 Å². The number of thioether (sulfide) groups is 1. The summed E-state index contributed by atoms with van der Waals surface area (Å²) in [7, 11) is 3.24. The lowest BCUT2D eigenvalue weighted by Gasteiger charge is -2.33. The molecular weight excluding hydrogens is 450 g/mol. The van der Waals surface area contributed by atoms with Gasteiger partial charge >= 0.3 is 0 Å². The van der Waals surface area contributed by atoms with E-state index in [1.165, 1.54) is 11.8 Å². The summed E-state index contributed by atoms with van der Waals surface area (Å²) >= 11 is 1.38. The van der Waals surface area contributed by atoms with E-state index in [2.05, 4.69) is 20.9 Å². The van der Waals surface area contributed by atoms with Crippen molar-refractivity contribution in [1.82, 2.24) is 14.9 Å². The number of nitrogens with zero attached hydrogens (tertiary/aromatic N) is 3. The zero-order chi connectivity index (χ0) is 23.5. The molecule has 2 N–H and O–H groups in total. The van der Waals surface area contributed by atoms with E-state index in [1.54, 1.807) is 14.2 Å². The van der Waals surface area contributed by atoms with Crippen LogP contribution in [0.5, 0.6) is 11.5 Å². The van der Waals surface area contributed by atoms with Crippen molar-refractivity contribution in [2.45, 2.75) is 16.4 Å². The monoisotopic (exact) mass is 473 g/mol. The lowest BCUT2D eigenvalue weighted by molar-refractivity contribution is -0.116. The van der Waals surface area contributed by atoms with E-state index in [0.29, 0.717) is 16.7 Å². The number of methoxy groups -OCH3 is 2. The smallest absolute Gasteiger partial charge is 0.240 e. The van der Waals surface area contributed by atoms with Gasteiger partial charge in [0.15, 0.2) is 5.82 Å². The maximum Gasteiger partial charge on any atom is 0.240 e. The van der Waals surface area contributed by atoms with Crippen molar-refractivity contribution < 1.29 is 14.3 Å². The van der Waals surface area contributed by atoms with E-state index in [4.69, 9.17) is 9.47 Å². The maximum atomic E-state index is 13.4. The zero-order valence-corrected chi connectivity index (χ0v) is 19.5. The van der Waals surface area contributed by atoms with Gasteiger partial charge in [0.2, 0.25) is 11.1 Å². The van der Waals surface area contributed by atoms with Crippen LogP contribution in [0.25, 0.3) is 11.4 Å². The van der Waals surface area contributed by atoms with Gasteiger partial charge in [-0.2, -0.15) is 0 Å². The van der Waals surface area contributed by atoms with Crippen molar-refractivity contribution in [2.75, 3.05) is 25.0 Å². The third-order valence-corrected chi connectivity index (χ3v) is 6.77. The minimum atomic E-state index is -0.490. The molecule has 0 spiro atoms. The Morgan fingerprint density at radius 2 is 1.56 bits per heavy atom. The molecule has 0 unspecified atom stereocenters. The molecule has 1 amide bonds. The van der Waals surface area contributed by atoms with E-state index in [1.807, 2.05) is 83.5 Å². The summed E-state index contributed by atoms with van der Waals surface area (Å²) in [5, 5.41) is 11.9. The molecular formula is C25H23N5O3S. The molecule has 0 saturated carbocycles. The molecule has 34 heavy (non-hydrogen) atoms. The summed E-state index contributed by atoms with van der Waals surface area (Å²) in [6, 6.07) is 24.5. The fourth-order valence-corrected chi connectivity index (χ4v) is 4.86. The second-order valence-electron chi connectivity index (χ2n) is 7.64. The van der Waals surface area contributed by atoms with E-state index >= 15 is 0 Å². The number of nitrogens with one attached hydrogen (secondary N) is 2. The zero-order valence-electron chi connectivity index (χ0n) is 18.6. The molecule has 3 aromatic carbocycles. The summed E-state index contributed by atoms with van der Waals surface area (Å²) in [6.07, 6.45) is 0. The number of hydrogen-bond acceptors (Lipinski definition) is 7. The van der Waals surface area contributed by atoms with Gasteiger partial charge in [-0.3, -0.25) is 4.79 Å². The Morgan fingerprint density at radius 1 is 0.912 bits per heavy atom. The van der Waals surface area contributed by atoms with Crippen LogP contribution in [0.4, 0.5) is 5.69 Å². The fraction of sp³-hybridized carbons (Fsp3) is 0.160. The van der Waals surface area contributed by atoms with Gasteiger partial charge in [-0.1, -0.05) is 54.2 Å². The molecule has 1 aliphatic rings. The molecule has 0 bridgehead atoms. The van der Waals surface area contributed by atoms with Crippen LogP contribution in [0, 0.1) is 0 Å². The van der Waals surface area contributed by atoms with Crippen LogP contribution in [0.3, 0.4) is 0 Å². The molecule has 9 heteroatoms. The van der Waals surface area contributed by atoms with Gasteiger partial charge < -0.3 is 20.2 Å². The van der Waals surface area contributed by atoms with Crippen LogP contribution in [0.2, 0.25) is 0 Å². The predicted molar refractivity (Wildman–Crippen MR) is 132 cm³/mol. The van der Waals surface area contributed by atoms with Crippen molar-refractivity contribution >= 4 is 23.4 Å². The molecule has 172 valence electrons. The largest absolute Gasteiger partial charge is 0.497 e. The Kier molecular flexibility index (Phi) is 6.09. The molecule has 5 rings (SSSR count). The van der Waals surface area contributed by atoms with Crippen molar-refractivity contribution in [3.8, 4) is 22.9 Å². The highest BCUT2D eigenvalue weighted by molar-refractivity contribution is 8.00. The summed E-state index contributed by atoms with van der Waals surface area (Å²) < 4.78 is 12.4. The van der Waals surface area contributed by atoms with Crippen LogP contribution in [0.1, 0.15) is 11.6 Å². The van der Waals surface area contributed by atoms with Gasteiger partial charge in [0.25, 0.3) is 0 Å². The van der Waals surface area contributed by atoms with Crippen molar-refractivity contribution in [3.05, 3.63) is 84.4 Å². The standard InChI is InChI=1S/C25H23N5O3S/c1-32-19-12-8-16(9-13-19)21-22(24(31)26-18-10-14-20(33-2)15-11-18)34-25-28-27-23(30(25)29-21)17-6-4-3-5-7-17/h3-15,21-22,29H,1-2H3,(H,26,31)/t21-,22+/m1/s1. The molecule has 8 nitrogen and oxygen atoms in total. The van der Waals surface area contributed by atoms with Gasteiger partial charge in [-0.05, 0) is 42.0 Å². The van der Waals surface area contributed by atoms with E-state index in [-0.39, 0.29) is 11.9 Å². The van der Waals surface area contributed by atoms with Gasteiger partial charge in [-0.15, -0.1) is 10.2 Å². The number of hydrogen-bond donors (Lipinski definition) is 2. The summed E-state index contributed by atoms with van der Waals surface area (Å²) in [4.78, 5) is 13.4. The SMILES string of the molecule is COc1ccc(NC(=O)[C@H]2Sc3nnc(-c4ccccc4)n3N[C@@H]2c2ccc(OC)cc2)cc1. The number of fused-ring (bicyclic) bond motifs is 1. The lowest BCUT2D eigenvalue weighted by Crippen LogP contribution is -2.41. The first-order valence-corrected chi connectivity index (χ1v) is 11.6. The minimum Gasteiger partial charge on any atom is -0.497 e.